The Morgan fingerprint density at radius 3 is 2.54 bits per heavy atom. The molecule has 174 valence electrons. The number of fused-ring (bicyclic) bond motifs is 1. The molecule has 3 aromatic heterocycles. The van der Waals surface area contributed by atoms with Crippen LogP contribution < -0.4 is 10.9 Å². The standard InChI is InChI=1S/C26H22N6O2S/c1-17-12-13-22(27-15-17)31-25(34)20-10-6-7-11-21(20)28-26(31)35-16-24(33)29-23-14-18(2)30-32(23)19-8-4-3-5-9-19/h3-15H,16H2,1-2H3,(H,29,33). The number of hydrogen-bond acceptors (Lipinski definition) is 6. The number of aryl methyl sites for hydroxylation is 2. The Balaban J connectivity index is 1.44. The van der Waals surface area contributed by atoms with Gasteiger partial charge in [0.2, 0.25) is 5.91 Å². The normalized spacial score (nSPS) is 11.0. The maximum Gasteiger partial charge on any atom is 0.267 e. The summed E-state index contributed by atoms with van der Waals surface area (Å²) in [5.41, 5.74) is 2.95. The van der Waals surface area contributed by atoms with Crippen molar-refractivity contribution in [2.24, 2.45) is 0 Å². The van der Waals surface area contributed by atoms with Gasteiger partial charge < -0.3 is 5.32 Å². The number of anilines is 1. The van der Waals surface area contributed by atoms with Crippen LogP contribution in [0.1, 0.15) is 11.3 Å². The van der Waals surface area contributed by atoms with E-state index < -0.39 is 0 Å². The molecule has 0 atom stereocenters. The highest BCUT2D eigenvalue weighted by Gasteiger charge is 2.17. The first-order chi connectivity index (χ1) is 17.0. The van der Waals surface area contributed by atoms with E-state index in [-0.39, 0.29) is 17.2 Å². The highest BCUT2D eigenvalue weighted by atomic mass is 32.2. The Labute approximate surface area is 205 Å². The first-order valence-electron chi connectivity index (χ1n) is 11.0. The van der Waals surface area contributed by atoms with Crippen molar-refractivity contribution in [2.75, 3.05) is 11.1 Å². The molecule has 0 saturated carbocycles. The summed E-state index contributed by atoms with van der Waals surface area (Å²) in [6.07, 6.45) is 1.70. The number of rotatable bonds is 6. The molecule has 5 aromatic rings. The van der Waals surface area contributed by atoms with Crippen molar-refractivity contribution in [3.63, 3.8) is 0 Å². The van der Waals surface area contributed by atoms with Gasteiger partial charge >= 0.3 is 0 Å². The molecule has 35 heavy (non-hydrogen) atoms. The van der Waals surface area contributed by atoms with Crippen LogP contribution in [-0.4, -0.2) is 36.0 Å². The van der Waals surface area contributed by atoms with Crippen LogP contribution in [0.4, 0.5) is 5.82 Å². The minimum absolute atomic E-state index is 0.0512. The van der Waals surface area contributed by atoms with Gasteiger partial charge in [0.05, 0.1) is 28.0 Å². The number of nitrogens with zero attached hydrogens (tertiary/aromatic N) is 5. The smallest absolute Gasteiger partial charge is 0.267 e. The van der Waals surface area contributed by atoms with Crippen LogP contribution >= 0.6 is 11.8 Å². The van der Waals surface area contributed by atoms with Crippen molar-refractivity contribution >= 4 is 34.4 Å². The lowest BCUT2D eigenvalue weighted by Crippen LogP contribution is -2.24. The van der Waals surface area contributed by atoms with Crippen molar-refractivity contribution in [1.29, 1.82) is 0 Å². The van der Waals surface area contributed by atoms with Gasteiger partial charge in [0.1, 0.15) is 11.6 Å². The highest BCUT2D eigenvalue weighted by Crippen LogP contribution is 2.22. The molecule has 8 nitrogen and oxygen atoms in total. The molecule has 2 aromatic carbocycles. The van der Waals surface area contributed by atoms with E-state index in [0.717, 1.165) is 16.9 Å². The van der Waals surface area contributed by atoms with E-state index in [1.54, 1.807) is 35.1 Å². The number of para-hydroxylation sites is 2. The summed E-state index contributed by atoms with van der Waals surface area (Å²) in [5, 5.41) is 8.30. The summed E-state index contributed by atoms with van der Waals surface area (Å²) in [6.45, 7) is 3.80. The average molecular weight is 483 g/mol. The van der Waals surface area contributed by atoms with Gasteiger partial charge in [0.15, 0.2) is 5.16 Å². The van der Waals surface area contributed by atoms with Crippen LogP contribution in [0.5, 0.6) is 0 Å². The van der Waals surface area contributed by atoms with E-state index in [9.17, 15) is 9.59 Å². The molecule has 9 heteroatoms. The van der Waals surface area contributed by atoms with Gasteiger partial charge in [-0.25, -0.2) is 19.2 Å². The second-order valence-electron chi connectivity index (χ2n) is 8.00. The molecule has 0 aliphatic carbocycles. The number of thioether (sulfide) groups is 1. The first-order valence-corrected chi connectivity index (χ1v) is 12.0. The molecule has 0 aliphatic heterocycles. The number of carbonyl (C=O) groups is 1. The third kappa shape index (κ3) is 4.71. The van der Waals surface area contributed by atoms with Crippen molar-refractivity contribution in [3.05, 3.63) is 101 Å². The van der Waals surface area contributed by atoms with E-state index in [2.05, 4.69) is 20.4 Å². The molecule has 0 spiro atoms. The van der Waals surface area contributed by atoms with Crippen molar-refractivity contribution in [2.45, 2.75) is 19.0 Å². The highest BCUT2D eigenvalue weighted by molar-refractivity contribution is 7.99. The first kappa shape index (κ1) is 22.5. The van der Waals surface area contributed by atoms with E-state index >= 15 is 0 Å². The van der Waals surface area contributed by atoms with Gasteiger partial charge in [-0.15, -0.1) is 0 Å². The number of nitrogens with one attached hydrogen (secondary N) is 1. The lowest BCUT2D eigenvalue weighted by molar-refractivity contribution is -0.113. The van der Waals surface area contributed by atoms with Crippen LogP contribution in [0.3, 0.4) is 0 Å². The van der Waals surface area contributed by atoms with E-state index in [4.69, 9.17) is 0 Å². The fraction of sp³-hybridized carbons (Fsp3) is 0.115. The molecule has 0 aliphatic rings. The molecule has 0 fully saturated rings. The van der Waals surface area contributed by atoms with Gasteiger partial charge in [-0.3, -0.25) is 9.59 Å². The van der Waals surface area contributed by atoms with E-state index in [1.807, 2.05) is 62.4 Å². The zero-order valence-corrected chi connectivity index (χ0v) is 20.0. The van der Waals surface area contributed by atoms with Crippen molar-refractivity contribution < 1.29 is 4.79 Å². The molecule has 1 amide bonds. The molecule has 5 rings (SSSR count). The summed E-state index contributed by atoms with van der Waals surface area (Å²) < 4.78 is 3.15. The third-order valence-corrected chi connectivity index (χ3v) is 6.24. The van der Waals surface area contributed by atoms with Gasteiger partial charge in [0, 0.05) is 12.3 Å². The molecule has 3 heterocycles. The summed E-state index contributed by atoms with van der Waals surface area (Å²) in [5.74, 6) is 0.844. The van der Waals surface area contributed by atoms with Crippen LogP contribution in [0.15, 0.2) is 88.9 Å². The van der Waals surface area contributed by atoms with Crippen molar-refractivity contribution in [3.8, 4) is 11.5 Å². The molecule has 0 saturated heterocycles. The minimum Gasteiger partial charge on any atom is -0.310 e. The molecule has 1 N–H and O–H groups in total. The predicted molar refractivity (Wildman–Crippen MR) is 138 cm³/mol. The zero-order chi connectivity index (χ0) is 24.4. The quantitative estimate of drug-likeness (QED) is 0.286. The lowest BCUT2D eigenvalue weighted by atomic mass is 10.2. The van der Waals surface area contributed by atoms with Crippen LogP contribution in [0.2, 0.25) is 0 Å². The molecule has 0 radical (unpaired) electrons. The Bertz CT molecular complexity index is 1580. The van der Waals surface area contributed by atoms with Gasteiger partial charge in [-0.1, -0.05) is 48.2 Å². The SMILES string of the molecule is Cc1ccc(-n2c(SCC(=O)Nc3cc(C)nn3-c3ccccc3)nc3ccccc3c2=O)nc1. The topological polar surface area (TPSA) is 94.7 Å². The maximum atomic E-state index is 13.3. The average Bonchev–Trinajstić information content (AvgIpc) is 3.24. The monoisotopic (exact) mass is 482 g/mol. The van der Waals surface area contributed by atoms with Gasteiger partial charge in [-0.2, -0.15) is 5.10 Å². The van der Waals surface area contributed by atoms with Crippen molar-refractivity contribution in [1.82, 2.24) is 24.3 Å². The Morgan fingerprint density at radius 1 is 1.00 bits per heavy atom. The number of amides is 1. The summed E-state index contributed by atoms with van der Waals surface area (Å²) in [6, 6.07) is 22.2. The lowest BCUT2D eigenvalue weighted by Gasteiger charge is -2.13. The molecule has 0 bridgehead atoms. The molecular weight excluding hydrogens is 460 g/mol. The number of benzene rings is 2. The Morgan fingerprint density at radius 2 is 1.77 bits per heavy atom. The minimum atomic E-state index is -0.238. The number of carbonyl (C=O) groups excluding carboxylic acids is 1. The maximum absolute atomic E-state index is 13.3. The second-order valence-corrected chi connectivity index (χ2v) is 8.94. The summed E-state index contributed by atoms with van der Waals surface area (Å²) in [7, 11) is 0. The van der Waals surface area contributed by atoms with Crippen LogP contribution in [-0.2, 0) is 4.79 Å². The summed E-state index contributed by atoms with van der Waals surface area (Å²) in [4.78, 5) is 35.3. The van der Waals surface area contributed by atoms with Crippen LogP contribution in [0.25, 0.3) is 22.4 Å². The zero-order valence-electron chi connectivity index (χ0n) is 19.2. The number of aromatic nitrogens is 5. The molecular formula is C26H22N6O2S. The number of pyridine rings is 1. The van der Waals surface area contributed by atoms with Gasteiger partial charge in [0.25, 0.3) is 5.56 Å². The van der Waals surface area contributed by atoms with E-state index in [1.165, 1.54) is 16.3 Å². The second kappa shape index (κ2) is 9.55. The number of hydrogen-bond donors (Lipinski definition) is 1. The van der Waals surface area contributed by atoms with Crippen LogP contribution in [0, 0.1) is 13.8 Å². The van der Waals surface area contributed by atoms with E-state index in [0.29, 0.717) is 27.7 Å². The predicted octanol–water partition coefficient (Wildman–Crippen LogP) is 4.31. The fourth-order valence-corrected chi connectivity index (χ4v) is 4.47. The fourth-order valence-electron chi connectivity index (χ4n) is 3.67. The largest absolute Gasteiger partial charge is 0.310 e. The van der Waals surface area contributed by atoms with Gasteiger partial charge in [-0.05, 0) is 49.7 Å². The Kier molecular flexibility index (Phi) is 6.15. The molecule has 0 unspecified atom stereocenters. The third-order valence-electron chi connectivity index (χ3n) is 5.30. The summed E-state index contributed by atoms with van der Waals surface area (Å²) >= 11 is 1.18. The Hall–Kier alpha value is -4.24.